The van der Waals surface area contributed by atoms with E-state index in [-0.39, 0.29) is 6.03 Å². The monoisotopic (exact) mass is 241 g/mol. The van der Waals surface area contributed by atoms with Crippen molar-refractivity contribution >= 4 is 29.7 Å². The Morgan fingerprint density at radius 3 is 2.88 bits per heavy atom. The minimum Gasteiger partial charge on any atom is -0.357 e. The number of halogens is 1. The van der Waals surface area contributed by atoms with Gasteiger partial charge in [0, 0.05) is 23.8 Å². The van der Waals surface area contributed by atoms with Crippen LogP contribution in [0, 0.1) is 0 Å². The van der Waals surface area contributed by atoms with Crippen molar-refractivity contribution in [2.75, 3.05) is 18.4 Å². The maximum Gasteiger partial charge on any atom is 0.319 e. The number of benzene rings is 1. The maximum atomic E-state index is 11.3. The van der Waals surface area contributed by atoms with Gasteiger partial charge in [-0.25, -0.2) is 4.79 Å². The Morgan fingerprint density at radius 1 is 1.38 bits per heavy atom. The summed E-state index contributed by atoms with van der Waals surface area (Å²) in [4.78, 5) is 21.2. The van der Waals surface area contributed by atoms with E-state index < -0.39 is 0 Å². The summed E-state index contributed by atoms with van der Waals surface area (Å²) in [7, 11) is 0. The van der Waals surface area contributed by atoms with Gasteiger partial charge >= 0.3 is 6.03 Å². The van der Waals surface area contributed by atoms with E-state index in [1.54, 1.807) is 24.3 Å². The van der Waals surface area contributed by atoms with Crippen LogP contribution in [0.2, 0.25) is 5.02 Å². The highest BCUT2D eigenvalue weighted by molar-refractivity contribution is 6.30. The molecule has 0 unspecified atom stereocenters. The Bertz CT molecular complexity index is 371. The summed E-state index contributed by atoms with van der Waals surface area (Å²) < 4.78 is 0. The van der Waals surface area contributed by atoms with Gasteiger partial charge in [-0.2, -0.15) is 0 Å². The summed E-state index contributed by atoms with van der Waals surface area (Å²) in [6, 6.07) is 6.50. The summed E-state index contributed by atoms with van der Waals surface area (Å²) in [6.07, 6.45) is 0.580. The predicted molar refractivity (Wildman–Crippen MR) is 62.5 cm³/mol. The molecule has 0 bridgehead atoms. The fourth-order valence-corrected chi connectivity index (χ4v) is 1.24. The molecular weight excluding hydrogens is 230 g/mol. The van der Waals surface area contributed by atoms with Gasteiger partial charge in [-0.05, 0) is 18.2 Å². The number of hydrogen-bond donors (Lipinski definition) is 3. The number of hydrogen-bond acceptors (Lipinski definition) is 2. The normalized spacial score (nSPS) is 9.31. The lowest BCUT2D eigenvalue weighted by atomic mass is 10.3. The van der Waals surface area contributed by atoms with Crippen LogP contribution in [0.4, 0.5) is 10.5 Å². The van der Waals surface area contributed by atoms with Crippen LogP contribution in [0.1, 0.15) is 0 Å². The second-order valence-corrected chi connectivity index (χ2v) is 3.40. The van der Waals surface area contributed by atoms with Crippen LogP contribution in [0.25, 0.3) is 0 Å². The number of carbonyl (C=O) groups excluding carboxylic acids is 2. The first-order chi connectivity index (χ1) is 7.72. The molecule has 1 rings (SSSR count). The molecule has 1 aromatic carbocycles. The summed E-state index contributed by atoms with van der Waals surface area (Å²) in [5.74, 6) is 0. The summed E-state index contributed by atoms with van der Waals surface area (Å²) in [6.45, 7) is 0.762. The van der Waals surface area contributed by atoms with Crippen LogP contribution in [-0.4, -0.2) is 25.5 Å². The van der Waals surface area contributed by atoms with Crippen LogP contribution in [0.3, 0.4) is 0 Å². The zero-order valence-electron chi connectivity index (χ0n) is 8.50. The average Bonchev–Trinajstić information content (AvgIpc) is 2.24. The van der Waals surface area contributed by atoms with Crippen LogP contribution in [0.15, 0.2) is 24.3 Å². The van der Waals surface area contributed by atoms with Gasteiger partial charge in [0.1, 0.15) is 0 Å². The van der Waals surface area contributed by atoms with Gasteiger partial charge in [0.2, 0.25) is 6.41 Å². The van der Waals surface area contributed by atoms with Crippen molar-refractivity contribution in [3.8, 4) is 0 Å². The van der Waals surface area contributed by atoms with Gasteiger partial charge in [0.05, 0.1) is 0 Å². The van der Waals surface area contributed by atoms with Crippen molar-refractivity contribution in [1.82, 2.24) is 10.6 Å². The molecule has 16 heavy (non-hydrogen) atoms. The number of urea groups is 1. The molecule has 0 radical (unpaired) electrons. The predicted octanol–water partition coefficient (Wildman–Crippen LogP) is 1.21. The SMILES string of the molecule is O=CNCCNC(=O)Nc1cccc(Cl)c1. The van der Waals surface area contributed by atoms with E-state index in [4.69, 9.17) is 11.6 Å². The first-order valence-electron chi connectivity index (χ1n) is 4.70. The standard InChI is InChI=1S/C10H12ClN3O2/c11-8-2-1-3-9(6-8)14-10(16)13-5-4-12-7-15/h1-3,6-7H,4-5H2,(H,12,15)(H2,13,14,16). The molecule has 0 atom stereocenters. The van der Waals surface area contributed by atoms with Crippen molar-refractivity contribution < 1.29 is 9.59 Å². The number of amides is 3. The third-order valence-corrected chi connectivity index (χ3v) is 1.96. The van der Waals surface area contributed by atoms with Crippen molar-refractivity contribution in [1.29, 1.82) is 0 Å². The van der Waals surface area contributed by atoms with Crippen LogP contribution < -0.4 is 16.0 Å². The molecule has 0 aromatic heterocycles. The molecule has 0 heterocycles. The zero-order valence-corrected chi connectivity index (χ0v) is 9.25. The molecule has 0 saturated carbocycles. The zero-order chi connectivity index (χ0) is 11.8. The van der Waals surface area contributed by atoms with Gasteiger partial charge in [-0.3, -0.25) is 4.79 Å². The smallest absolute Gasteiger partial charge is 0.319 e. The molecule has 1 aromatic rings. The molecule has 3 N–H and O–H groups in total. The van der Waals surface area contributed by atoms with E-state index in [1.165, 1.54) is 0 Å². The van der Waals surface area contributed by atoms with Gasteiger partial charge in [-0.15, -0.1) is 0 Å². The van der Waals surface area contributed by atoms with Crippen LogP contribution >= 0.6 is 11.6 Å². The van der Waals surface area contributed by atoms with Crippen LogP contribution in [-0.2, 0) is 4.79 Å². The molecule has 0 aliphatic carbocycles. The second-order valence-electron chi connectivity index (χ2n) is 2.96. The fraction of sp³-hybridized carbons (Fsp3) is 0.200. The number of rotatable bonds is 5. The largest absolute Gasteiger partial charge is 0.357 e. The third kappa shape index (κ3) is 4.65. The van der Waals surface area contributed by atoms with Gasteiger partial charge in [0.15, 0.2) is 0 Å². The second kappa shape index (κ2) is 6.68. The molecule has 5 nitrogen and oxygen atoms in total. The highest BCUT2D eigenvalue weighted by atomic mass is 35.5. The lowest BCUT2D eigenvalue weighted by Gasteiger charge is -2.07. The fourth-order valence-electron chi connectivity index (χ4n) is 1.05. The Hall–Kier alpha value is -1.75. The number of carbonyl (C=O) groups is 2. The van der Waals surface area contributed by atoms with Crippen molar-refractivity contribution in [3.63, 3.8) is 0 Å². The molecule has 86 valence electrons. The molecular formula is C10H12ClN3O2. The summed E-state index contributed by atoms with van der Waals surface area (Å²) in [5.41, 5.74) is 0.619. The molecule has 6 heteroatoms. The Kier molecular flexibility index (Phi) is 5.15. The summed E-state index contributed by atoms with van der Waals surface area (Å²) >= 11 is 5.75. The first kappa shape index (κ1) is 12.3. The molecule has 0 saturated heterocycles. The molecule has 0 aliphatic heterocycles. The molecule has 0 spiro atoms. The van der Waals surface area contributed by atoms with Gasteiger partial charge in [-0.1, -0.05) is 17.7 Å². The van der Waals surface area contributed by atoms with Crippen molar-refractivity contribution in [2.45, 2.75) is 0 Å². The number of anilines is 1. The lowest BCUT2D eigenvalue weighted by molar-refractivity contribution is -0.109. The van der Waals surface area contributed by atoms with Gasteiger partial charge < -0.3 is 16.0 Å². The lowest BCUT2D eigenvalue weighted by Crippen LogP contribution is -2.34. The molecule has 3 amide bonds. The topological polar surface area (TPSA) is 70.2 Å². The number of nitrogens with one attached hydrogen (secondary N) is 3. The third-order valence-electron chi connectivity index (χ3n) is 1.72. The minimum absolute atomic E-state index is 0.338. The molecule has 0 aliphatic rings. The first-order valence-corrected chi connectivity index (χ1v) is 5.07. The Morgan fingerprint density at radius 2 is 2.19 bits per heavy atom. The quantitative estimate of drug-likeness (QED) is 0.536. The maximum absolute atomic E-state index is 11.3. The van der Waals surface area contributed by atoms with E-state index >= 15 is 0 Å². The van der Waals surface area contributed by atoms with Crippen molar-refractivity contribution in [3.05, 3.63) is 29.3 Å². The van der Waals surface area contributed by atoms with E-state index in [2.05, 4.69) is 16.0 Å². The van der Waals surface area contributed by atoms with Crippen molar-refractivity contribution in [2.24, 2.45) is 0 Å². The summed E-state index contributed by atoms with van der Waals surface area (Å²) in [5, 5.41) is 8.17. The minimum atomic E-state index is -0.338. The Labute approximate surface area is 98.2 Å². The highest BCUT2D eigenvalue weighted by Crippen LogP contribution is 2.14. The van der Waals surface area contributed by atoms with E-state index in [1.807, 2.05) is 0 Å². The van der Waals surface area contributed by atoms with Crippen LogP contribution in [0.5, 0.6) is 0 Å². The van der Waals surface area contributed by atoms with E-state index in [0.29, 0.717) is 30.2 Å². The van der Waals surface area contributed by atoms with Gasteiger partial charge in [0.25, 0.3) is 0 Å². The highest BCUT2D eigenvalue weighted by Gasteiger charge is 2.00. The molecule has 0 fully saturated rings. The Balaban J connectivity index is 2.31. The average molecular weight is 242 g/mol. The van der Waals surface area contributed by atoms with E-state index in [0.717, 1.165) is 0 Å². The van der Waals surface area contributed by atoms with E-state index in [9.17, 15) is 9.59 Å².